The van der Waals surface area contributed by atoms with E-state index in [1.165, 1.54) is 16.1 Å². The molecule has 0 atom stereocenters. The van der Waals surface area contributed by atoms with E-state index in [1.807, 2.05) is 13.8 Å². The van der Waals surface area contributed by atoms with Gasteiger partial charge in [0.15, 0.2) is 0 Å². The van der Waals surface area contributed by atoms with Gasteiger partial charge in [-0.2, -0.15) is 0 Å². The molecule has 1 heterocycles. The van der Waals surface area contributed by atoms with Gasteiger partial charge >= 0.3 is 5.97 Å². The van der Waals surface area contributed by atoms with Crippen molar-refractivity contribution in [1.82, 2.24) is 3.97 Å². The van der Waals surface area contributed by atoms with Gasteiger partial charge in [-0.3, -0.25) is 0 Å². The van der Waals surface area contributed by atoms with Crippen LogP contribution < -0.4 is 0 Å². The van der Waals surface area contributed by atoms with Gasteiger partial charge in [0, 0.05) is 22.5 Å². The number of halogens is 2. The Balaban J connectivity index is 1.86. The van der Waals surface area contributed by atoms with Crippen LogP contribution in [0.5, 0.6) is 0 Å². The first-order valence-corrected chi connectivity index (χ1v) is 12.1. The molecule has 33 heavy (non-hydrogen) atoms. The lowest BCUT2D eigenvalue weighted by atomic mass is 10.0. The Hall–Kier alpha value is -3.16. The second-order valence-corrected chi connectivity index (χ2v) is 10.4. The fraction of sp³-hybridized carbons (Fsp3) is 0.160. The van der Waals surface area contributed by atoms with Crippen LogP contribution in [-0.2, 0) is 16.4 Å². The van der Waals surface area contributed by atoms with Crippen LogP contribution in [0.3, 0.4) is 0 Å². The zero-order chi connectivity index (χ0) is 23.9. The molecular weight excluding hydrogens is 465 g/mol. The zero-order valence-electron chi connectivity index (χ0n) is 17.9. The first-order valence-electron chi connectivity index (χ1n) is 10.2. The Morgan fingerprint density at radius 1 is 1.03 bits per heavy atom. The summed E-state index contributed by atoms with van der Waals surface area (Å²) < 4.78 is 42.8. The van der Waals surface area contributed by atoms with Gasteiger partial charge in [0.05, 0.1) is 16.0 Å². The lowest BCUT2D eigenvalue weighted by molar-refractivity contribution is 0.0692. The third-order valence-corrected chi connectivity index (χ3v) is 7.54. The molecule has 0 aliphatic heterocycles. The van der Waals surface area contributed by atoms with E-state index in [0.29, 0.717) is 27.2 Å². The minimum Gasteiger partial charge on any atom is -0.478 e. The Morgan fingerprint density at radius 2 is 1.73 bits per heavy atom. The van der Waals surface area contributed by atoms with Crippen molar-refractivity contribution in [3.05, 3.63) is 100.0 Å². The molecule has 0 unspecified atom stereocenters. The van der Waals surface area contributed by atoms with Gasteiger partial charge in [0.25, 0.3) is 10.0 Å². The normalized spacial score (nSPS) is 11.9. The zero-order valence-corrected chi connectivity index (χ0v) is 19.5. The van der Waals surface area contributed by atoms with E-state index < -0.39 is 27.4 Å². The molecule has 4 rings (SSSR count). The summed E-state index contributed by atoms with van der Waals surface area (Å²) in [6.07, 6.45) is 0.0758. The van der Waals surface area contributed by atoms with Gasteiger partial charge in [0.1, 0.15) is 5.82 Å². The maximum Gasteiger partial charge on any atom is 0.338 e. The minimum absolute atomic E-state index is 0.0758. The smallest absolute Gasteiger partial charge is 0.338 e. The summed E-state index contributed by atoms with van der Waals surface area (Å²) in [6, 6.07) is 17.1. The summed E-state index contributed by atoms with van der Waals surface area (Å²) >= 11 is 6.12. The summed E-state index contributed by atoms with van der Waals surface area (Å²) in [5.41, 5.74) is 1.88. The van der Waals surface area contributed by atoms with Crippen LogP contribution in [0.1, 0.15) is 46.9 Å². The number of nitrogens with zero attached hydrogens (tertiary/aromatic N) is 1. The highest BCUT2D eigenvalue weighted by Gasteiger charge is 2.24. The van der Waals surface area contributed by atoms with Crippen LogP contribution in [-0.4, -0.2) is 23.5 Å². The number of rotatable bonds is 6. The monoisotopic (exact) mass is 485 g/mol. The molecule has 1 N–H and O–H groups in total. The number of aromatic carboxylic acids is 1. The molecule has 0 fully saturated rings. The fourth-order valence-electron chi connectivity index (χ4n) is 3.81. The van der Waals surface area contributed by atoms with Crippen molar-refractivity contribution in [2.45, 2.75) is 31.1 Å². The summed E-state index contributed by atoms with van der Waals surface area (Å²) in [4.78, 5) is 11.2. The van der Waals surface area contributed by atoms with E-state index in [2.05, 4.69) is 0 Å². The highest BCUT2D eigenvalue weighted by atomic mass is 35.5. The standard InChI is InChI=1S/C25H21ClFNO4S/c1-15(2)17-4-7-21(8-5-17)33(31,32)28-20(14-18-13-19(26)6-10-24(18)28)11-16-3-9-22(25(29)30)23(27)12-16/h3-10,12-15H,11H2,1-2H3,(H,29,30). The topological polar surface area (TPSA) is 76.4 Å². The first-order chi connectivity index (χ1) is 15.6. The predicted molar refractivity (Wildman–Crippen MR) is 126 cm³/mol. The van der Waals surface area contributed by atoms with Gasteiger partial charge in [-0.1, -0.05) is 43.6 Å². The fourth-order valence-corrected chi connectivity index (χ4v) is 5.53. The molecule has 0 bridgehead atoms. The number of hydrogen-bond acceptors (Lipinski definition) is 3. The van der Waals surface area contributed by atoms with Crippen LogP contribution in [0.2, 0.25) is 5.02 Å². The number of fused-ring (bicyclic) bond motifs is 1. The van der Waals surface area contributed by atoms with E-state index in [0.717, 1.165) is 11.6 Å². The summed E-state index contributed by atoms with van der Waals surface area (Å²) in [5, 5.41) is 10.1. The molecule has 5 nitrogen and oxygen atoms in total. The molecule has 0 saturated carbocycles. The van der Waals surface area contributed by atoms with E-state index in [4.69, 9.17) is 16.7 Å². The number of carboxylic acids is 1. The molecule has 0 aliphatic carbocycles. The quantitative estimate of drug-likeness (QED) is 0.359. The number of carboxylic acid groups (broad SMARTS) is 1. The van der Waals surface area contributed by atoms with Crippen molar-refractivity contribution in [2.24, 2.45) is 0 Å². The van der Waals surface area contributed by atoms with Gasteiger partial charge in [0.2, 0.25) is 0 Å². The summed E-state index contributed by atoms with van der Waals surface area (Å²) in [7, 11) is -3.97. The Morgan fingerprint density at radius 3 is 2.33 bits per heavy atom. The Kier molecular flexibility index (Phi) is 6.03. The van der Waals surface area contributed by atoms with Gasteiger partial charge in [-0.15, -0.1) is 0 Å². The van der Waals surface area contributed by atoms with E-state index in [9.17, 15) is 17.6 Å². The van der Waals surface area contributed by atoms with Gasteiger partial charge in [-0.05, 0) is 65.6 Å². The first kappa shape index (κ1) is 23.0. The molecule has 170 valence electrons. The van der Waals surface area contributed by atoms with Crippen LogP contribution in [0.25, 0.3) is 10.9 Å². The highest BCUT2D eigenvalue weighted by molar-refractivity contribution is 7.90. The second-order valence-electron chi connectivity index (χ2n) is 8.13. The van der Waals surface area contributed by atoms with E-state index in [1.54, 1.807) is 48.5 Å². The predicted octanol–water partition coefficient (Wildman–Crippen LogP) is 6.08. The molecule has 0 saturated heterocycles. The summed E-state index contributed by atoms with van der Waals surface area (Å²) in [5.74, 6) is -1.98. The molecule has 0 radical (unpaired) electrons. The van der Waals surface area contributed by atoms with E-state index in [-0.39, 0.29) is 17.2 Å². The summed E-state index contributed by atoms with van der Waals surface area (Å²) in [6.45, 7) is 4.05. The molecule has 8 heteroatoms. The molecule has 4 aromatic rings. The van der Waals surface area contributed by atoms with Crippen molar-refractivity contribution in [3.63, 3.8) is 0 Å². The van der Waals surface area contributed by atoms with Crippen LogP contribution in [0, 0.1) is 5.82 Å². The number of carbonyl (C=O) groups is 1. The van der Waals surface area contributed by atoms with Gasteiger partial charge < -0.3 is 5.11 Å². The largest absolute Gasteiger partial charge is 0.478 e. The Labute approximate surface area is 196 Å². The third kappa shape index (κ3) is 4.38. The minimum atomic E-state index is -3.97. The van der Waals surface area contributed by atoms with E-state index >= 15 is 0 Å². The van der Waals surface area contributed by atoms with Crippen LogP contribution in [0.4, 0.5) is 4.39 Å². The maximum absolute atomic E-state index is 14.2. The molecule has 0 amide bonds. The van der Waals surface area contributed by atoms with Crippen molar-refractivity contribution in [1.29, 1.82) is 0 Å². The average Bonchev–Trinajstić information content (AvgIpc) is 3.11. The van der Waals surface area contributed by atoms with Crippen molar-refractivity contribution < 1.29 is 22.7 Å². The van der Waals surface area contributed by atoms with Crippen LogP contribution in [0.15, 0.2) is 71.6 Å². The molecule has 0 spiro atoms. The Bertz CT molecular complexity index is 1470. The molecular formula is C25H21ClFNO4S. The van der Waals surface area contributed by atoms with Crippen molar-refractivity contribution >= 4 is 38.5 Å². The van der Waals surface area contributed by atoms with Crippen molar-refractivity contribution in [3.8, 4) is 0 Å². The number of benzene rings is 3. The van der Waals surface area contributed by atoms with Crippen LogP contribution >= 0.6 is 11.6 Å². The third-order valence-electron chi connectivity index (χ3n) is 5.53. The lowest BCUT2D eigenvalue weighted by Crippen LogP contribution is -2.16. The maximum atomic E-state index is 14.2. The average molecular weight is 486 g/mol. The lowest BCUT2D eigenvalue weighted by Gasteiger charge is -2.14. The molecule has 1 aromatic heterocycles. The number of hydrogen-bond donors (Lipinski definition) is 1. The SMILES string of the molecule is CC(C)c1ccc(S(=O)(=O)n2c(Cc3ccc(C(=O)O)c(F)c3)cc3cc(Cl)ccc32)cc1. The van der Waals surface area contributed by atoms with Crippen molar-refractivity contribution in [2.75, 3.05) is 0 Å². The highest BCUT2D eigenvalue weighted by Crippen LogP contribution is 2.30. The molecule has 0 aliphatic rings. The van der Waals surface area contributed by atoms with Gasteiger partial charge in [-0.25, -0.2) is 21.6 Å². The second kappa shape index (κ2) is 8.65. The number of aromatic nitrogens is 1. The molecule has 3 aromatic carbocycles.